The van der Waals surface area contributed by atoms with Gasteiger partial charge in [-0.2, -0.15) is 8.42 Å². The number of ketones is 1. The van der Waals surface area contributed by atoms with Crippen LogP contribution in [0.4, 0.5) is 5.69 Å². The summed E-state index contributed by atoms with van der Waals surface area (Å²) in [6, 6.07) is 8.63. The number of hydrogen-bond acceptors (Lipinski definition) is 6. The predicted molar refractivity (Wildman–Crippen MR) is 81.0 cm³/mol. The van der Waals surface area contributed by atoms with E-state index in [2.05, 4.69) is 4.98 Å². The number of hydrogen-bond donors (Lipinski definition) is 3. The van der Waals surface area contributed by atoms with Crippen molar-refractivity contribution in [1.82, 2.24) is 9.71 Å². The molecule has 23 heavy (non-hydrogen) atoms. The third kappa shape index (κ3) is 2.69. The standard InChI is InChI=1S/C14H11N3O5S/c18-12-7-9(14(20)10-3-1-2-6-15-10)4-5-11(12)17-8-13(19)16-23(17,21)22/h1-8,16,18-19H. The summed E-state index contributed by atoms with van der Waals surface area (Å²) in [5, 5.41) is 19.3. The van der Waals surface area contributed by atoms with Gasteiger partial charge in [-0.15, -0.1) is 0 Å². The Labute approximate surface area is 131 Å². The summed E-state index contributed by atoms with van der Waals surface area (Å²) in [4.78, 5) is 16.2. The maximum Gasteiger partial charge on any atom is 0.330 e. The lowest BCUT2D eigenvalue weighted by Crippen LogP contribution is -2.29. The second-order valence-electron chi connectivity index (χ2n) is 4.66. The van der Waals surface area contributed by atoms with Crippen molar-refractivity contribution < 1.29 is 23.4 Å². The zero-order valence-electron chi connectivity index (χ0n) is 11.5. The van der Waals surface area contributed by atoms with Gasteiger partial charge in [-0.05, 0) is 30.3 Å². The number of aliphatic hydroxyl groups is 1. The molecule has 9 heteroatoms. The first-order valence-electron chi connectivity index (χ1n) is 6.40. The lowest BCUT2D eigenvalue weighted by Gasteiger charge is -2.15. The van der Waals surface area contributed by atoms with Gasteiger partial charge < -0.3 is 10.2 Å². The van der Waals surface area contributed by atoms with Crippen molar-refractivity contribution in [2.24, 2.45) is 0 Å². The molecule has 0 bridgehead atoms. The number of carbonyl (C=O) groups is 1. The molecule has 1 aliphatic heterocycles. The Hall–Kier alpha value is -3.07. The molecule has 0 amide bonds. The Bertz CT molecular complexity index is 909. The van der Waals surface area contributed by atoms with Crippen molar-refractivity contribution in [1.29, 1.82) is 0 Å². The van der Waals surface area contributed by atoms with Crippen LogP contribution in [-0.4, -0.2) is 29.4 Å². The third-order valence-electron chi connectivity index (χ3n) is 3.10. The number of phenolic OH excluding ortho intramolecular Hbond substituents is 1. The van der Waals surface area contributed by atoms with Crippen molar-refractivity contribution in [3.63, 3.8) is 0 Å². The lowest BCUT2D eigenvalue weighted by molar-refractivity contribution is 0.103. The molecule has 8 nitrogen and oxygen atoms in total. The summed E-state index contributed by atoms with van der Waals surface area (Å²) in [6.45, 7) is 0. The third-order valence-corrected chi connectivity index (χ3v) is 4.39. The van der Waals surface area contributed by atoms with Crippen LogP contribution in [0.15, 0.2) is 54.7 Å². The van der Waals surface area contributed by atoms with E-state index >= 15 is 0 Å². The number of aromatic nitrogens is 1. The molecule has 0 spiro atoms. The highest BCUT2D eigenvalue weighted by Gasteiger charge is 2.30. The zero-order valence-corrected chi connectivity index (χ0v) is 12.4. The normalized spacial score (nSPS) is 15.8. The van der Waals surface area contributed by atoms with E-state index in [9.17, 15) is 23.4 Å². The number of aromatic hydroxyl groups is 1. The molecule has 0 atom stereocenters. The first-order chi connectivity index (χ1) is 10.9. The molecular formula is C14H11N3O5S. The fraction of sp³-hybridized carbons (Fsp3) is 0. The molecule has 0 unspecified atom stereocenters. The summed E-state index contributed by atoms with van der Waals surface area (Å²) in [5.74, 6) is -1.41. The first-order valence-corrected chi connectivity index (χ1v) is 7.84. The average Bonchev–Trinajstić information content (AvgIpc) is 2.79. The van der Waals surface area contributed by atoms with E-state index < -0.39 is 27.6 Å². The molecule has 0 saturated heterocycles. The van der Waals surface area contributed by atoms with E-state index in [0.29, 0.717) is 4.31 Å². The summed E-state index contributed by atoms with van der Waals surface area (Å²) >= 11 is 0. The number of rotatable bonds is 3. The van der Waals surface area contributed by atoms with Gasteiger partial charge in [-0.25, -0.2) is 9.03 Å². The minimum atomic E-state index is -4.01. The number of phenols is 1. The lowest BCUT2D eigenvalue weighted by atomic mass is 10.1. The van der Waals surface area contributed by atoms with Crippen LogP contribution >= 0.6 is 0 Å². The number of anilines is 1. The molecule has 0 saturated carbocycles. The Morgan fingerprint density at radius 2 is 1.96 bits per heavy atom. The molecule has 0 fully saturated rings. The van der Waals surface area contributed by atoms with Crippen LogP contribution < -0.4 is 9.03 Å². The number of benzene rings is 1. The van der Waals surface area contributed by atoms with Crippen LogP contribution in [0, 0.1) is 0 Å². The van der Waals surface area contributed by atoms with Crippen LogP contribution in [0.1, 0.15) is 16.1 Å². The number of nitrogens with zero attached hydrogens (tertiary/aromatic N) is 2. The highest BCUT2D eigenvalue weighted by Crippen LogP contribution is 2.32. The summed E-state index contributed by atoms with van der Waals surface area (Å²) < 4.78 is 26.1. The Morgan fingerprint density at radius 1 is 1.17 bits per heavy atom. The van der Waals surface area contributed by atoms with Crippen LogP contribution in [-0.2, 0) is 10.2 Å². The quantitative estimate of drug-likeness (QED) is 0.722. The van der Waals surface area contributed by atoms with E-state index in [1.807, 2.05) is 4.72 Å². The van der Waals surface area contributed by atoms with Gasteiger partial charge in [0.2, 0.25) is 11.7 Å². The molecule has 3 rings (SSSR count). The average molecular weight is 333 g/mol. The van der Waals surface area contributed by atoms with Crippen molar-refractivity contribution >= 4 is 21.7 Å². The summed E-state index contributed by atoms with van der Waals surface area (Å²) in [7, 11) is -4.01. The second kappa shape index (κ2) is 5.29. The Kier molecular flexibility index (Phi) is 3.41. The summed E-state index contributed by atoms with van der Waals surface area (Å²) in [5.41, 5.74) is 0.259. The Morgan fingerprint density at radius 3 is 2.52 bits per heavy atom. The van der Waals surface area contributed by atoms with Gasteiger partial charge in [0, 0.05) is 11.8 Å². The molecule has 3 N–H and O–H groups in total. The molecule has 0 radical (unpaired) electrons. The van der Waals surface area contributed by atoms with Gasteiger partial charge in [0.15, 0.2) is 0 Å². The highest BCUT2D eigenvalue weighted by molar-refractivity contribution is 7.91. The van der Waals surface area contributed by atoms with Crippen LogP contribution in [0.25, 0.3) is 0 Å². The van der Waals surface area contributed by atoms with Crippen LogP contribution in [0.2, 0.25) is 0 Å². The Balaban J connectivity index is 1.98. The van der Waals surface area contributed by atoms with E-state index in [1.165, 1.54) is 24.4 Å². The maximum atomic E-state index is 12.2. The summed E-state index contributed by atoms with van der Waals surface area (Å²) in [6.07, 6.45) is 2.38. The monoisotopic (exact) mass is 333 g/mol. The largest absolute Gasteiger partial charge is 0.506 e. The number of carbonyl (C=O) groups excluding carboxylic acids is 1. The molecular weight excluding hydrogens is 322 g/mol. The predicted octanol–water partition coefficient (Wildman–Crippen LogP) is 1.03. The molecule has 1 aliphatic rings. The molecule has 2 aromatic rings. The molecule has 118 valence electrons. The van der Waals surface area contributed by atoms with Gasteiger partial charge in [-0.3, -0.25) is 9.78 Å². The van der Waals surface area contributed by atoms with Crippen LogP contribution in [0.3, 0.4) is 0 Å². The number of nitrogens with one attached hydrogen (secondary N) is 1. The topological polar surface area (TPSA) is 120 Å². The molecule has 2 heterocycles. The molecule has 0 aliphatic carbocycles. The molecule has 1 aromatic carbocycles. The van der Waals surface area contributed by atoms with Gasteiger partial charge >= 0.3 is 10.2 Å². The van der Waals surface area contributed by atoms with Gasteiger partial charge in [0.1, 0.15) is 17.1 Å². The maximum absolute atomic E-state index is 12.2. The van der Waals surface area contributed by atoms with Crippen LogP contribution in [0.5, 0.6) is 5.75 Å². The van der Waals surface area contributed by atoms with Crippen molar-refractivity contribution in [2.75, 3.05) is 4.31 Å². The van der Waals surface area contributed by atoms with E-state index in [-0.39, 0.29) is 16.9 Å². The SMILES string of the molecule is O=C(c1ccc(N2C=C(O)NS2(=O)=O)c(O)c1)c1ccccn1. The number of pyridine rings is 1. The van der Waals surface area contributed by atoms with Crippen molar-refractivity contribution in [3.05, 3.63) is 65.9 Å². The van der Waals surface area contributed by atoms with E-state index in [4.69, 9.17) is 0 Å². The molecule has 1 aromatic heterocycles. The second-order valence-corrected chi connectivity index (χ2v) is 6.21. The van der Waals surface area contributed by atoms with Gasteiger partial charge in [0.25, 0.3) is 0 Å². The van der Waals surface area contributed by atoms with Gasteiger partial charge in [-0.1, -0.05) is 6.07 Å². The number of aliphatic hydroxyl groups excluding tert-OH is 1. The minimum absolute atomic E-state index is 0.0980. The van der Waals surface area contributed by atoms with E-state index in [0.717, 1.165) is 12.3 Å². The first kappa shape index (κ1) is 14.9. The minimum Gasteiger partial charge on any atom is -0.506 e. The van der Waals surface area contributed by atoms with Crippen molar-refractivity contribution in [2.45, 2.75) is 0 Å². The fourth-order valence-electron chi connectivity index (χ4n) is 2.08. The fourth-order valence-corrected chi connectivity index (χ4v) is 3.15. The zero-order chi connectivity index (χ0) is 16.6. The highest BCUT2D eigenvalue weighted by atomic mass is 32.2. The smallest absolute Gasteiger partial charge is 0.330 e. The van der Waals surface area contributed by atoms with Crippen molar-refractivity contribution in [3.8, 4) is 5.75 Å². The van der Waals surface area contributed by atoms with E-state index in [1.54, 1.807) is 12.1 Å². The van der Waals surface area contributed by atoms with Gasteiger partial charge in [0.05, 0.1) is 6.20 Å².